The number of amides is 1. The number of aromatic nitrogens is 2. The first-order valence-electron chi connectivity index (χ1n) is 8.91. The Kier molecular flexibility index (Phi) is 5.45. The summed E-state index contributed by atoms with van der Waals surface area (Å²) >= 11 is 0. The van der Waals surface area contributed by atoms with E-state index in [9.17, 15) is 4.79 Å². The third kappa shape index (κ3) is 4.05. The third-order valence-corrected chi connectivity index (χ3v) is 5.16. The van der Waals surface area contributed by atoms with Crippen molar-refractivity contribution in [3.8, 4) is 5.69 Å². The van der Waals surface area contributed by atoms with Crippen molar-refractivity contribution in [2.24, 2.45) is 11.7 Å². The van der Waals surface area contributed by atoms with Gasteiger partial charge in [-0.1, -0.05) is 24.6 Å². The smallest absolute Gasteiger partial charge is 0.225 e. The Labute approximate surface area is 154 Å². The molecule has 0 unspecified atom stereocenters. The van der Waals surface area contributed by atoms with Crippen LogP contribution in [-0.2, 0) is 4.79 Å². The molecule has 1 aromatic heterocycles. The Morgan fingerprint density at radius 2 is 1.96 bits per heavy atom. The van der Waals surface area contributed by atoms with Gasteiger partial charge in [0, 0.05) is 24.4 Å². The minimum Gasteiger partial charge on any atom is -0.327 e. The van der Waals surface area contributed by atoms with Crippen LogP contribution in [0.1, 0.15) is 50.1 Å². The summed E-state index contributed by atoms with van der Waals surface area (Å²) in [6, 6.07) is 12.1. The zero-order valence-electron chi connectivity index (χ0n) is 14.2. The van der Waals surface area contributed by atoms with Gasteiger partial charge in [0.15, 0.2) is 0 Å². The van der Waals surface area contributed by atoms with E-state index < -0.39 is 0 Å². The topological polar surface area (TPSA) is 72.9 Å². The highest BCUT2D eigenvalue weighted by atomic mass is 35.5. The monoisotopic (exact) mass is 360 g/mol. The number of rotatable bonds is 5. The molecule has 0 bridgehead atoms. The Morgan fingerprint density at radius 1 is 1.20 bits per heavy atom. The maximum atomic E-state index is 12.5. The zero-order chi connectivity index (χ0) is 16.5. The second-order valence-corrected chi connectivity index (χ2v) is 7.08. The SMILES string of the molecule is Cl.N[C@@H]1CCC[C@H]1CC(=O)Nc1cc(C2CC2)nn1-c1ccccc1. The predicted octanol–water partition coefficient (Wildman–Crippen LogP) is 3.63. The molecule has 2 aromatic rings. The van der Waals surface area contributed by atoms with E-state index in [1.807, 2.05) is 41.1 Å². The quantitative estimate of drug-likeness (QED) is 0.855. The number of para-hydroxylation sites is 1. The molecule has 25 heavy (non-hydrogen) atoms. The highest BCUT2D eigenvalue weighted by Gasteiger charge is 2.29. The lowest BCUT2D eigenvalue weighted by Gasteiger charge is -2.15. The Bertz CT molecular complexity index is 726. The van der Waals surface area contributed by atoms with Crippen molar-refractivity contribution >= 4 is 24.1 Å². The van der Waals surface area contributed by atoms with E-state index in [4.69, 9.17) is 10.8 Å². The van der Waals surface area contributed by atoms with Gasteiger partial charge in [0.25, 0.3) is 0 Å². The molecule has 134 valence electrons. The van der Waals surface area contributed by atoms with E-state index in [1.54, 1.807) is 0 Å². The van der Waals surface area contributed by atoms with Crippen molar-refractivity contribution in [1.29, 1.82) is 0 Å². The van der Waals surface area contributed by atoms with Crippen LogP contribution in [0.25, 0.3) is 5.69 Å². The minimum absolute atomic E-state index is 0. The van der Waals surface area contributed by atoms with Gasteiger partial charge in [0.2, 0.25) is 5.91 Å². The largest absolute Gasteiger partial charge is 0.327 e. The second kappa shape index (κ2) is 7.58. The molecule has 0 saturated heterocycles. The average Bonchev–Trinajstić information content (AvgIpc) is 3.25. The van der Waals surface area contributed by atoms with E-state index in [1.165, 1.54) is 12.8 Å². The molecule has 2 atom stereocenters. The highest BCUT2D eigenvalue weighted by Crippen LogP contribution is 2.40. The lowest BCUT2D eigenvalue weighted by Crippen LogP contribution is -2.28. The number of nitrogens with one attached hydrogen (secondary N) is 1. The first-order valence-corrected chi connectivity index (χ1v) is 8.91. The molecule has 4 rings (SSSR count). The van der Waals surface area contributed by atoms with Crippen molar-refractivity contribution in [2.75, 3.05) is 5.32 Å². The average molecular weight is 361 g/mol. The van der Waals surface area contributed by atoms with Gasteiger partial charge in [-0.2, -0.15) is 5.10 Å². The van der Waals surface area contributed by atoms with E-state index in [0.29, 0.717) is 18.3 Å². The fourth-order valence-corrected chi connectivity index (χ4v) is 3.58. The van der Waals surface area contributed by atoms with Crippen LogP contribution in [0.5, 0.6) is 0 Å². The molecular weight excluding hydrogens is 336 g/mol. The molecule has 5 nitrogen and oxygen atoms in total. The molecule has 2 aliphatic rings. The standard InChI is InChI=1S/C19H24N4O.ClH/c20-16-8-4-5-14(16)11-19(24)21-18-12-17(13-9-10-13)22-23(18)15-6-2-1-3-7-15;/h1-3,6-7,12-14,16H,4-5,8-11,20H2,(H,21,24);1H/t14-,16+;/m0./s1. The van der Waals surface area contributed by atoms with E-state index in [2.05, 4.69) is 5.32 Å². The van der Waals surface area contributed by atoms with Crippen LogP contribution in [-0.4, -0.2) is 21.7 Å². The maximum absolute atomic E-state index is 12.5. The molecule has 2 aliphatic carbocycles. The van der Waals surface area contributed by atoms with Crippen LogP contribution in [0.2, 0.25) is 0 Å². The van der Waals surface area contributed by atoms with Crippen LogP contribution in [0, 0.1) is 5.92 Å². The van der Waals surface area contributed by atoms with Crippen LogP contribution < -0.4 is 11.1 Å². The summed E-state index contributed by atoms with van der Waals surface area (Å²) in [5, 5.41) is 7.79. The summed E-state index contributed by atoms with van der Waals surface area (Å²) in [5.74, 6) is 1.66. The number of nitrogens with zero attached hydrogens (tertiary/aromatic N) is 2. The van der Waals surface area contributed by atoms with Gasteiger partial charge in [-0.25, -0.2) is 4.68 Å². The molecule has 0 radical (unpaired) electrons. The van der Waals surface area contributed by atoms with Gasteiger partial charge >= 0.3 is 0 Å². The molecule has 0 spiro atoms. The summed E-state index contributed by atoms with van der Waals surface area (Å²) in [6.07, 6.45) is 6.10. The number of carbonyl (C=O) groups is 1. The molecule has 0 aliphatic heterocycles. The van der Waals surface area contributed by atoms with Crippen LogP contribution in [0.4, 0.5) is 5.82 Å². The van der Waals surface area contributed by atoms with E-state index in [-0.39, 0.29) is 24.4 Å². The normalized spacial score (nSPS) is 22.4. The number of hydrogen-bond donors (Lipinski definition) is 2. The Balaban J connectivity index is 0.00000182. The molecular formula is C19H25ClN4O. The van der Waals surface area contributed by atoms with Crippen molar-refractivity contribution in [3.63, 3.8) is 0 Å². The van der Waals surface area contributed by atoms with Crippen LogP contribution in [0.15, 0.2) is 36.4 Å². The summed E-state index contributed by atoms with van der Waals surface area (Å²) in [4.78, 5) is 12.5. The number of anilines is 1. The lowest BCUT2D eigenvalue weighted by molar-refractivity contribution is -0.117. The van der Waals surface area contributed by atoms with Crippen molar-refractivity contribution in [1.82, 2.24) is 9.78 Å². The summed E-state index contributed by atoms with van der Waals surface area (Å²) in [7, 11) is 0. The van der Waals surface area contributed by atoms with Crippen LogP contribution in [0.3, 0.4) is 0 Å². The van der Waals surface area contributed by atoms with E-state index >= 15 is 0 Å². The minimum atomic E-state index is 0. The molecule has 3 N–H and O–H groups in total. The van der Waals surface area contributed by atoms with Gasteiger partial charge < -0.3 is 11.1 Å². The molecule has 2 saturated carbocycles. The van der Waals surface area contributed by atoms with Gasteiger partial charge in [0.05, 0.1) is 11.4 Å². The summed E-state index contributed by atoms with van der Waals surface area (Å²) in [5.41, 5.74) is 8.14. The zero-order valence-corrected chi connectivity index (χ0v) is 15.0. The number of benzene rings is 1. The summed E-state index contributed by atoms with van der Waals surface area (Å²) in [6.45, 7) is 0. The van der Waals surface area contributed by atoms with Gasteiger partial charge in [-0.15, -0.1) is 12.4 Å². The number of nitrogens with two attached hydrogens (primary N) is 1. The number of hydrogen-bond acceptors (Lipinski definition) is 3. The van der Waals surface area contributed by atoms with Gasteiger partial charge in [-0.05, 0) is 43.7 Å². The van der Waals surface area contributed by atoms with Gasteiger partial charge in [-0.3, -0.25) is 4.79 Å². The van der Waals surface area contributed by atoms with Crippen LogP contribution >= 0.6 is 12.4 Å². The molecule has 1 heterocycles. The molecule has 2 fully saturated rings. The van der Waals surface area contributed by atoms with Crippen molar-refractivity contribution in [3.05, 3.63) is 42.1 Å². The molecule has 1 aromatic carbocycles. The maximum Gasteiger partial charge on any atom is 0.225 e. The van der Waals surface area contributed by atoms with Crippen molar-refractivity contribution < 1.29 is 4.79 Å². The first-order chi connectivity index (χ1) is 11.7. The molecule has 1 amide bonds. The number of halogens is 1. The van der Waals surface area contributed by atoms with Gasteiger partial charge in [0.1, 0.15) is 5.82 Å². The van der Waals surface area contributed by atoms with E-state index in [0.717, 1.165) is 36.5 Å². The summed E-state index contributed by atoms with van der Waals surface area (Å²) < 4.78 is 1.85. The Morgan fingerprint density at radius 3 is 2.60 bits per heavy atom. The first kappa shape index (κ1) is 18.0. The fourth-order valence-electron chi connectivity index (χ4n) is 3.58. The lowest BCUT2D eigenvalue weighted by atomic mass is 10.00. The number of carbonyl (C=O) groups excluding carboxylic acids is 1. The third-order valence-electron chi connectivity index (χ3n) is 5.16. The second-order valence-electron chi connectivity index (χ2n) is 7.08. The predicted molar refractivity (Wildman–Crippen MR) is 101 cm³/mol. The molecule has 6 heteroatoms. The highest BCUT2D eigenvalue weighted by molar-refractivity contribution is 5.90. The Hall–Kier alpha value is -1.85. The van der Waals surface area contributed by atoms with Crippen molar-refractivity contribution in [2.45, 2.75) is 50.5 Å². The fraction of sp³-hybridized carbons (Fsp3) is 0.474.